The Morgan fingerprint density at radius 3 is 2.30 bits per heavy atom. The predicted octanol–water partition coefficient (Wildman–Crippen LogP) is 3.81. The molecule has 4 aliphatic heterocycles. The lowest BCUT2D eigenvalue weighted by molar-refractivity contribution is -0.246. The maximum atomic E-state index is 14.5. The van der Waals surface area contributed by atoms with Gasteiger partial charge in [-0.05, 0) is 64.5 Å². The molecular formula is C38H54F3N7O7S. The number of aliphatic hydroxyl groups is 1. The van der Waals surface area contributed by atoms with Crippen molar-refractivity contribution >= 4 is 27.9 Å². The van der Waals surface area contributed by atoms with Gasteiger partial charge in [0.2, 0.25) is 21.8 Å². The van der Waals surface area contributed by atoms with Gasteiger partial charge >= 0.3 is 12.4 Å². The van der Waals surface area contributed by atoms with Gasteiger partial charge in [0.25, 0.3) is 0 Å². The lowest BCUT2D eigenvalue weighted by atomic mass is 9.95. The smallest absolute Gasteiger partial charge is 0.444 e. The van der Waals surface area contributed by atoms with Crippen LogP contribution in [0.15, 0.2) is 24.3 Å². The molecule has 0 bridgehead atoms. The van der Waals surface area contributed by atoms with Crippen LogP contribution < -0.4 is 0 Å². The topological polar surface area (TPSA) is 149 Å². The van der Waals surface area contributed by atoms with Gasteiger partial charge < -0.3 is 24.5 Å². The number of nitrogens with zero attached hydrogens (tertiary/aromatic N) is 7. The number of sulfonamides is 1. The molecule has 14 nitrogen and oxygen atoms in total. The Morgan fingerprint density at radius 1 is 1.00 bits per heavy atom. The van der Waals surface area contributed by atoms with Crippen LogP contribution in [0.2, 0.25) is 0 Å². The second-order valence-corrected chi connectivity index (χ2v) is 18.5. The highest BCUT2D eigenvalue weighted by Gasteiger charge is 2.44. The van der Waals surface area contributed by atoms with Crippen LogP contribution >= 0.6 is 0 Å². The first kappa shape index (κ1) is 41.9. The number of ether oxygens (including phenoxy) is 1. The molecule has 0 aliphatic carbocycles. The largest absolute Gasteiger partial charge is 0.487 e. The van der Waals surface area contributed by atoms with Crippen molar-refractivity contribution in [2.24, 2.45) is 5.92 Å². The van der Waals surface area contributed by atoms with E-state index in [9.17, 15) is 41.1 Å². The van der Waals surface area contributed by atoms with Gasteiger partial charge in [-0.15, -0.1) is 13.2 Å². The van der Waals surface area contributed by atoms with Crippen LogP contribution in [0.1, 0.15) is 76.1 Å². The summed E-state index contributed by atoms with van der Waals surface area (Å²) in [5.41, 5.74) is 1.70. The number of β-amino-alcohol motifs (C(OH)–C–C–N with tert-alkyl or cyclic N) is 1. The predicted molar refractivity (Wildman–Crippen MR) is 200 cm³/mol. The van der Waals surface area contributed by atoms with Gasteiger partial charge in [-0.25, -0.2) is 18.1 Å². The second kappa shape index (κ2) is 16.6. The van der Waals surface area contributed by atoms with E-state index in [2.05, 4.69) is 4.90 Å². The van der Waals surface area contributed by atoms with E-state index in [1.54, 1.807) is 37.6 Å². The fourth-order valence-electron chi connectivity index (χ4n) is 8.30. The molecule has 310 valence electrons. The zero-order valence-corrected chi connectivity index (χ0v) is 33.4. The summed E-state index contributed by atoms with van der Waals surface area (Å²) >= 11 is 0. The number of fused-ring (bicyclic) bond motifs is 1. The third kappa shape index (κ3) is 10.0. The number of carbonyl (C=O) groups is 3. The Bertz CT molecular complexity index is 1870. The summed E-state index contributed by atoms with van der Waals surface area (Å²) < 4.78 is 77.1. The van der Waals surface area contributed by atoms with E-state index >= 15 is 0 Å². The molecule has 0 spiro atoms. The SMILES string of the molecule is CC(C)(C)OC(=O)N1CCC(C(=O)N(Cc2cccc(-c3nn(CC(O)CN4CCC(N5CCCC5=O)CC4)c4c3CN(S(C)(=O)=O)CC4)c2)C(F)(F)F)CC1. The summed E-state index contributed by atoms with van der Waals surface area (Å²) in [5.74, 6) is -1.79. The molecule has 56 heavy (non-hydrogen) atoms. The van der Waals surface area contributed by atoms with Crippen molar-refractivity contribution in [1.29, 1.82) is 0 Å². The monoisotopic (exact) mass is 809 g/mol. The Hall–Kier alpha value is -3.74. The molecule has 4 aliphatic rings. The number of hydrogen-bond acceptors (Lipinski definition) is 9. The van der Waals surface area contributed by atoms with Crippen molar-refractivity contribution in [3.05, 3.63) is 41.1 Å². The van der Waals surface area contributed by atoms with Crippen LogP contribution in [0.4, 0.5) is 18.0 Å². The minimum absolute atomic E-state index is 0.0156. The maximum Gasteiger partial charge on any atom is 0.487 e. The Morgan fingerprint density at radius 2 is 1.70 bits per heavy atom. The molecule has 0 saturated carbocycles. The molecule has 3 saturated heterocycles. The number of halogens is 3. The van der Waals surface area contributed by atoms with E-state index in [4.69, 9.17) is 9.84 Å². The standard InChI is InChI=1S/C38H54F3N7O7S/c1-37(2,3)55-36(52)44-18-10-27(11-19-44)35(51)47(38(39,40)41)22-26-7-5-8-28(21-26)34-31-25-45(56(4,53)54)20-14-32(31)48(42-34)24-30(49)23-43-16-12-29(13-17-43)46-15-6-9-33(46)50/h5,7-8,21,27,29-30,49H,6,9-20,22-25H2,1-4H3. The fourth-order valence-corrected chi connectivity index (χ4v) is 9.09. The molecule has 6 rings (SSSR count). The molecule has 1 atom stereocenters. The van der Waals surface area contributed by atoms with E-state index < -0.39 is 52.5 Å². The average molecular weight is 810 g/mol. The lowest BCUT2D eigenvalue weighted by Gasteiger charge is -2.37. The number of carbonyl (C=O) groups excluding carboxylic acids is 3. The van der Waals surface area contributed by atoms with Gasteiger partial charge in [-0.2, -0.15) is 9.40 Å². The number of rotatable bonds is 10. The second-order valence-electron chi connectivity index (χ2n) is 16.5. The maximum absolute atomic E-state index is 14.5. The molecule has 1 unspecified atom stereocenters. The fraction of sp³-hybridized carbons (Fsp3) is 0.684. The zero-order chi connectivity index (χ0) is 40.6. The number of benzene rings is 1. The molecule has 1 aromatic carbocycles. The van der Waals surface area contributed by atoms with E-state index in [-0.39, 0.29) is 68.0 Å². The first-order valence-corrected chi connectivity index (χ1v) is 21.3. The molecule has 18 heteroatoms. The first-order chi connectivity index (χ1) is 26.3. The molecule has 3 amide bonds. The van der Waals surface area contributed by atoms with Crippen molar-refractivity contribution < 1.29 is 45.8 Å². The highest BCUT2D eigenvalue weighted by Crippen LogP contribution is 2.34. The molecule has 2 aromatic rings. The summed E-state index contributed by atoms with van der Waals surface area (Å²) in [6.45, 7) is 7.65. The quantitative estimate of drug-likeness (QED) is 0.354. The van der Waals surface area contributed by atoms with Gasteiger partial charge in [0.15, 0.2) is 0 Å². The van der Waals surface area contributed by atoms with Gasteiger partial charge in [-0.3, -0.25) is 14.3 Å². The number of piperidine rings is 2. The van der Waals surface area contributed by atoms with Crippen LogP contribution in [-0.4, -0.2) is 141 Å². The highest BCUT2D eigenvalue weighted by atomic mass is 32.2. The van der Waals surface area contributed by atoms with Gasteiger partial charge in [0.05, 0.1) is 31.1 Å². The van der Waals surface area contributed by atoms with E-state index in [0.717, 1.165) is 50.8 Å². The van der Waals surface area contributed by atoms with Crippen LogP contribution in [0.5, 0.6) is 0 Å². The summed E-state index contributed by atoms with van der Waals surface area (Å²) in [6, 6.07) is 6.53. The van der Waals surface area contributed by atoms with Crippen molar-refractivity contribution in [3.63, 3.8) is 0 Å². The Kier molecular flexibility index (Phi) is 12.4. The molecule has 0 radical (unpaired) electrons. The van der Waals surface area contributed by atoms with Crippen LogP contribution in [0.3, 0.4) is 0 Å². The molecular weight excluding hydrogens is 756 g/mol. The molecule has 3 fully saturated rings. The summed E-state index contributed by atoms with van der Waals surface area (Å²) in [7, 11) is -3.57. The van der Waals surface area contributed by atoms with Crippen molar-refractivity contribution in [2.45, 2.75) is 109 Å². The first-order valence-electron chi connectivity index (χ1n) is 19.5. The number of aliphatic hydroxyl groups excluding tert-OH is 1. The molecule has 1 aromatic heterocycles. The average Bonchev–Trinajstić information content (AvgIpc) is 3.72. The van der Waals surface area contributed by atoms with Crippen LogP contribution in [0, 0.1) is 5.92 Å². The number of hydrogen-bond donors (Lipinski definition) is 1. The highest BCUT2D eigenvalue weighted by molar-refractivity contribution is 7.88. The summed E-state index contributed by atoms with van der Waals surface area (Å²) in [6.07, 6.45) is -1.59. The number of aromatic nitrogens is 2. The minimum atomic E-state index is -4.97. The lowest BCUT2D eigenvalue weighted by Crippen LogP contribution is -2.49. The van der Waals surface area contributed by atoms with Gasteiger partial charge in [-0.1, -0.05) is 18.2 Å². The number of alkyl halides is 3. The molecule has 5 heterocycles. The third-order valence-electron chi connectivity index (χ3n) is 11.1. The van der Waals surface area contributed by atoms with E-state index in [1.165, 1.54) is 21.3 Å². The Labute approximate surface area is 326 Å². The van der Waals surface area contributed by atoms with Crippen molar-refractivity contribution in [3.8, 4) is 11.3 Å². The summed E-state index contributed by atoms with van der Waals surface area (Å²) in [5, 5.41) is 16.1. The van der Waals surface area contributed by atoms with Crippen molar-refractivity contribution in [1.82, 2.24) is 33.7 Å². The normalized spacial score (nSPS) is 20.3. The van der Waals surface area contributed by atoms with E-state index in [1.807, 2.05) is 4.90 Å². The minimum Gasteiger partial charge on any atom is -0.444 e. The van der Waals surface area contributed by atoms with Crippen LogP contribution in [-0.2, 0) is 50.4 Å². The van der Waals surface area contributed by atoms with E-state index in [0.29, 0.717) is 36.2 Å². The van der Waals surface area contributed by atoms with Crippen molar-refractivity contribution in [2.75, 3.05) is 52.1 Å². The van der Waals surface area contributed by atoms with Crippen LogP contribution in [0.25, 0.3) is 11.3 Å². The molecule has 1 N–H and O–H groups in total. The van der Waals surface area contributed by atoms with Gasteiger partial charge in [0, 0.05) is 94.0 Å². The Balaban J connectivity index is 1.17. The summed E-state index contributed by atoms with van der Waals surface area (Å²) in [4.78, 5) is 43.6. The number of likely N-dealkylation sites (tertiary alicyclic amines) is 3. The zero-order valence-electron chi connectivity index (χ0n) is 32.6. The number of amides is 3. The van der Waals surface area contributed by atoms with Gasteiger partial charge in [0.1, 0.15) is 5.60 Å². The third-order valence-corrected chi connectivity index (χ3v) is 12.4.